The molecule has 4 heteroatoms. The van der Waals surface area contributed by atoms with Crippen LogP contribution < -0.4 is 16.8 Å². The Kier molecular flexibility index (Phi) is 12.5. The van der Waals surface area contributed by atoms with Crippen molar-refractivity contribution in [1.82, 2.24) is 5.32 Å². The molecule has 0 bridgehead atoms. The van der Waals surface area contributed by atoms with E-state index in [2.05, 4.69) is 93.2 Å². The number of rotatable bonds is 10. The zero-order valence-corrected chi connectivity index (χ0v) is 23.4. The molecule has 0 spiro atoms. The van der Waals surface area contributed by atoms with Crippen molar-refractivity contribution in [3.05, 3.63) is 119 Å². The molecule has 2 rings (SSSR count). The van der Waals surface area contributed by atoms with Gasteiger partial charge in [-0.1, -0.05) is 81.5 Å². The van der Waals surface area contributed by atoms with E-state index in [-0.39, 0.29) is 12.0 Å². The molecule has 37 heavy (non-hydrogen) atoms. The molecule has 0 aliphatic carbocycles. The molecule has 0 aromatic rings. The van der Waals surface area contributed by atoms with Gasteiger partial charge in [0, 0.05) is 29.7 Å². The predicted molar refractivity (Wildman–Crippen MR) is 163 cm³/mol. The summed E-state index contributed by atoms with van der Waals surface area (Å²) >= 11 is 0. The molecule has 0 aromatic carbocycles. The molecular weight excluding hydrogens is 452 g/mol. The Bertz CT molecular complexity index is 1090. The molecule has 5 N–H and O–H groups in total. The Balaban J connectivity index is 2.61. The summed E-state index contributed by atoms with van der Waals surface area (Å²) in [6.45, 7) is 16.2. The second-order valence-corrected chi connectivity index (χ2v) is 10.1. The van der Waals surface area contributed by atoms with Crippen molar-refractivity contribution in [1.29, 1.82) is 0 Å². The summed E-state index contributed by atoms with van der Waals surface area (Å²) in [7, 11) is 0. The van der Waals surface area contributed by atoms with E-state index in [1.807, 2.05) is 25.2 Å². The van der Waals surface area contributed by atoms with Crippen LogP contribution >= 0.6 is 0 Å². The van der Waals surface area contributed by atoms with Crippen LogP contribution in [-0.2, 0) is 0 Å². The Labute approximate surface area is 225 Å². The molecule has 2 heterocycles. The third kappa shape index (κ3) is 10.2. The highest BCUT2D eigenvalue weighted by atomic mass is 14.9. The van der Waals surface area contributed by atoms with Gasteiger partial charge in [0.1, 0.15) is 6.04 Å². The van der Waals surface area contributed by atoms with Crippen LogP contribution in [0.1, 0.15) is 53.9 Å². The third-order valence-corrected chi connectivity index (χ3v) is 6.23. The minimum atomic E-state index is -0.137. The molecule has 0 radical (unpaired) electrons. The maximum Gasteiger partial charge on any atom is 0.108 e. The average Bonchev–Trinajstić information content (AvgIpc) is 3.37. The monoisotopic (exact) mass is 498 g/mol. The largest absolute Gasteiger partial charge is 0.404 e. The van der Waals surface area contributed by atoms with E-state index in [1.165, 1.54) is 5.57 Å². The molecule has 2 aliphatic heterocycles. The third-order valence-electron chi connectivity index (χ3n) is 6.23. The lowest BCUT2D eigenvalue weighted by molar-refractivity contribution is 0.663. The number of aliphatic imine (C=N–C) groups is 1. The first-order chi connectivity index (χ1) is 17.7. The van der Waals surface area contributed by atoms with Gasteiger partial charge in [0.2, 0.25) is 0 Å². The quantitative estimate of drug-likeness (QED) is 0.222. The molecule has 0 saturated carbocycles. The van der Waals surface area contributed by atoms with Gasteiger partial charge >= 0.3 is 0 Å². The average molecular weight is 499 g/mol. The van der Waals surface area contributed by atoms with Crippen LogP contribution in [0.5, 0.6) is 0 Å². The van der Waals surface area contributed by atoms with Crippen LogP contribution in [-0.4, -0.2) is 18.8 Å². The van der Waals surface area contributed by atoms with E-state index in [9.17, 15) is 0 Å². The predicted octanol–water partition coefficient (Wildman–Crippen LogP) is 7.12. The molecule has 2 atom stereocenters. The topological polar surface area (TPSA) is 76.4 Å². The van der Waals surface area contributed by atoms with E-state index in [0.29, 0.717) is 11.6 Å². The van der Waals surface area contributed by atoms with Gasteiger partial charge in [0.05, 0.1) is 0 Å². The van der Waals surface area contributed by atoms with Gasteiger partial charge in [-0.3, -0.25) is 4.99 Å². The number of allylic oxidation sites excluding steroid dienone is 15. The van der Waals surface area contributed by atoms with E-state index in [4.69, 9.17) is 11.5 Å². The van der Waals surface area contributed by atoms with Crippen molar-refractivity contribution in [3.63, 3.8) is 0 Å². The van der Waals surface area contributed by atoms with Crippen LogP contribution in [0.3, 0.4) is 0 Å². The lowest BCUT2D eigenvalue weighted by atomic mass is 9.90. The van der Waals surface area contributed by atoms with E-state index < -0.39 is 0 Å². The first kappa shape index (κ1) is 29.7. The van der Waals surface area contributed by atoms with Crippen molar-refractivity contribution in [2.45, 2.75) is 59.9 Å². The van der Waals surface area contributed by atoms with E-state index in [1.54, 1.807) is 12.4 Å². The first-order valence-corrected chi connectivity index (χ1v) is 13.4. The highest BCUT2D eigenvalue weighted by Gasteiger charge is 2.16. The Morgan fingerprint density at radius 2 is 2.03 bits per heavy atom. The van der Waals surface area contributed by atoms with Crippen molar-refractivity contribution >= 4 is 6.21 Å². The van der Waals surface area contributed by atoms with Crippen molar-refractivity contribution in [2.24, 2.45) is 28.3 Å². The molecule has 2 aliphatic rings. The lowest BCUT2D eigenvalue weighted by Gasteiger charge is -2.21. The van der Waals surface area contributed by atoms with Gasteiger partial charge in [-0.25, -0.2) is 0 Å². The van der Waals surface area contributed by atoms with Crippen molar-refractivity contribution in [3.8, 4) is 0 Å². The Hall–Kier alpha value is -3.53. The number of hydrogen-bond acceptors (Lipinski definition) is 4. The standard InChI is InChI=1S/C33H46N4/c1-7-11-25(4)20-29(22-31(35)33-15-10-19-37-33)27(6)30(21-26(5)13-8-12-24(2)3)32-17-16-28(23-34)14-9-18-36-32/h7-11,13-15,19-25,33,36H,6,12,16-18,34-35H2,1-5H3/b11-7-,13-8-,14-9-,26-21?,28-23-,29-20+,31-22-,32-30-. The van der Waals surface area contributed by atoms with E-state index in [0.717, 1.165) is 53.8 Å². The molecule has 0 aromatic heterocycles. The van der Waals surface area contributed by atoms with Gasteiger partial charge < -0.3 is 16.8 Å². The summed E-state index contributed by atoms with van der Waals surface area (Å²) in [6, 6.07) is -0.137. The highest BCUT2D eigenvalue weighted by molar-refractivity contribution is 5.75. The second-order valence-electron chi connectivity index (χ2n) is 10.1. The fourth-order valence-electron chi connectivity index (χ4n) is 4.20. The normalized spacial score (nSPS) is 23.6. The summed E-state index contributed by atoms with van der Waals surface area (Å²) in [5, 5.41) is 3.64. The summed E-state index contributed by atoms with van der Waals surface area (Å²) in [6.07, 6.45) is 29.6. The SMILES string of the molecule is C=C(/C(C=C(C)/C=C\CC(C)C)=C1/CCC(=C\N)/C=C\CN1)C(/C=C(\N)C1C=CC=N1)=C/C(C)/C=C\C. The number of nitrogens with one attached hydrogen (secondary N) is 1. The zero-order chi connectivity index (χ0) is 27.2. The fraction of sp³-hybridized carbons (Fsp3) is 0.364. The van der Waals surface area contributed by atoms with E-state index >= 15 is 0 Å². The molecule has 4 nitrogen and oxygen atoms in total. The highest BCUT2D eigenvalue weighted by Crippen LogP contribution is 2.29. The summed E-state index contributed by atoms with van der Waals surface area (Å²) in [5.74, 6) is 0.853. The van der Waals surface area contributed by atoms with Gasteiger partial charge in [-0.15, -0.1) is 0 Å². The zero-order valence-electron chi connectivity index (χ0n) is 23.4. The Morgan fingerprint density at radius 1 is 1.24 bits per heavy atom. The minimum Gasteiger partial charge on any atom is -0.404 e. The molecule has 0 saturated heterocycles. The number of hydrogen-bond donors (Lipinski definition) is 3. The van der Waals surface area contributed by atoms with Gasteiger partial charge in [-0.2, -0.15) is 0 Å². The van der Waals surface area contributed by atoms with Crippen LogP contribution in [0.25, 0.3) is 0 Å². The summed E-state index contributed by atoms with van der Waals surface area (Å²) in [4.78, 5) is 4.46. The summed E-state index contributed by atoms with van der Waals surface area (Å²) in [5.41, 5.74) is 19.6. The van der Waals surface area contributed by atoms with Crippen LogP contribution in [0.2, 0.25) is 0 Å². The molecule has 2 unspecified atom stereocenters. The lowest BCUT2D eigenvalue weighted by Crippen LogP contribution is -2.18. The molecule has 0 amide bonds. The maximum atomic E-state index is 6.53. The fourth-order valence-corrected chi connectivity index (χ4v) is 4.20. The molecule has 0 fully saturated rings. The van der Waals surface area contributed by atoms with Crippen molar-refractivity contribution < 1.29 is 0 Å². The first-order valence-electron chi connectivity index (χ1n) is 13.4. The van der Waals surface area contributed by atoms with Gasteiger partial charge in [-0.05, 0) is 86.1 Å². The van der Waals surface area contributed by atoms with Crippen LogP contribution in [0.15, 0.2) is 124 Å². The molecule has 198 valence electrons. The van der Waals surface area contributed by atoms with Gasteiger partial charge in [0.15, 0.2) is 0 Å². The second kappa shape index (κ2) is 15.6. The Morgan fingerprint density at radius 3 is 2.68 bits per heavy atom. The maximum absolute atomic E-state index is 6.53. The smallest absolute Gasteiger partial charge is 0.108 e. The summed E-state index contributed by atoms with van der Waals surface area (Å²) < 4.78 is 0. The minimum absolute atomic E-state index is 0.137. The molecular formula is C33H46N4. The number of nitrogens with two attached hydrogens (primary N) is 2. The van der Waals surface area contributed by atoms with Gasteiger partial charge in [0.25, 0.3) is 0 Å². The van der Waals surface area contributed by atoms with Crippen molar-refractivity contribution in [2.75, 3.05) is 6.54 Å². The van der Waals surface area contributed by atoms with Crippen LogP contribution in [0.4, 0.5) is 0 Å². The van der Waals surface area contributed by atoms with Crippen LogP contribution in [0, 0.1) is 11.8 Å². The number of nitrogens with zero attached hydrogens (tertiary/aromatic N) is 1.